The summed E-state index contributed by atoms with van der Waals surface area (Å²) in [4.78, 5) is 9.25. The molecular weight excluding hydrogens is 180 g/mol. The lowest BCUT2D eigenvalue weighted by molar-refractivity contribution is -0.131. The Morgan fingerprint density at radius 3 is 2.57 bits per heavy atom. The number of carboxylic acid groups (broad SMARTS) is 1. The first-order valence-electron chi connectivity index (χ1n) is 4.01. The number of fused-ring (bicyclic) bond motifs is 1. The molecule has 0 radical (unpaired) electrons. The molecule has 1 N–H and O–H groups in total. The van der Waals surface area contributed by atoms with Crippen LogP contribution in [-0.4, -0.2) is 11.1 Å². The van der Waals surface area contributed by atoms with Crippen LogP contribution in [0.3, 0.4) is 0 Å². The highest BCUT2D eigenvalue weighted by Crippen LogP contribution is 2.12. The van der Waals surface area contributed by atoms with Gasteiger partial charge in [-0.25, -0.2) is 4.79 Å². The summed E-state index contributed by atoms with van der Waals surface area (Å²) < 4.78 is 5.12. The maximum atomic E-state index is 9.25. The van der Waals surface area contributed by atoms with Crippen molar-refractivity contribution in [3.05, 3.63) is 49.2 Å². The number of hydrogen-bond acceptors (Lipinski definition) is 2. The molecule has 1 aromatic carbocycles. The van der Waals surface area contributed by atoms with Crippen molar-refractivity contribution < 1.29 is 14.3 Å². The third-order valence-corrected chi connectivity index (χ3v) is 1.54. The fraction of sp³-hybridized carbons (Fsp3) is 0. The zero-order chi connectivity index (χ0) is 10.4. The van der Waals surface area contributed by atoms with Crippen molar-refractivity contribution in [1.29, 1.82) is 0 Å². The highest BCUT2D eigenvalue weighted by molar-refractivity contribution is 5.78. The first kappa shape index (κ1) is 10.1. The molecule has 72 valence electrons. The second-order valence-electron chi connectivity index (χ2n) is 2.50. The van der Waals surface area contributed by atoms with E-state index < -0.39 is 5.97 Å². The van der Waals surface area contributed by atoms with Gasteiger partial charge in [0, 0.05) is 11.5 Å². The summed E-state index contributed by atoms with van der Waals surface area (Å²) in [7, 11) is 0. The number of carbonyl (C=O) groups is 1. The van der Waals surface area contributed by atoms with Gasteiger partial charge < -0.3 is 9.52 Å². The lowest BCUT2D eigenvalue weighted by Crippen LogP contribution is -1.82. The second-order valence-corrected chi connectivity index (χ2v) is 2.50. The Bertz CT molecular complexity index is 399. The van der Waals surface area contributed by atoms with E-state index in [0.717, 1.165) is 17.0 Å². The lowest BCUT2D eigenvalue weighted by Gasteiger charge is -1.81. The van der Waals surface area contributed by atoms with Crippen LogP contribution in [0.15, 0.2) is 53.7 Å². The molecule has 14 heavy (non-hydrogen) atoms. The van der Waals surface area contributed by atoms with Gasteiger partial charge in [-0.1, -0.05) is 24.8 Å². The summed E-state index contributed by atoms with van der Waals surface area (Å²) in [5.41, 5.74) is 0.956. The number of carboxylic acids is 1. The van der Waals surface area contributed by atoms with E-state index in [1.54, 1.807) is 6.26 Å². The van der Waals surface area contributed by atoms with Crippen LogP contribution in [0.5, 0.6) is 0 Å². The van der Waals surface area contributed by atoms with Crippen LogP contribution in [0, 0.1) is 0 Å². The summed E-state index contributed by atoms with van der Waals surface area (Å²) in [5, 5.41) is 8.77. The topological polar surface area (TPSA) is 50.4 Å². The highest BCUT2D eigenvalue weighted by atomic mass is 16.4. The maximum absolute atomic E-state index is 9.25. The largest absolute Gasteiger partial charge is 0.478 e. The molecule has 3 nitrogen and oxygen atoms in total. The third-order valence-electron chi connectivity index (χ3n) is 1.54. The van der Waals surface area contributed by atoms with Gasteiger partial charge in [-0.15, -0.1) is 0 Å². The third kappa shape index (κ3) is 2.79. The Labute approximate surface area is 81.3 Å². The number of hydrogen-bond donors (Lipinski definition) is 1. The van der Waals surface area contributed by atoms with E-state index in [0.29, 0.717) is 0 Å². The Morgan fingerprint density at radius 2 is 2.00 bits per heavy atom. The molecule has 0 aliphatic rings. The average Bonchev–Trinajstić information content (AvgIpc) is 2.66. The van der Waals surface area contributed by atoms with Crippen molar-refractivity contribution in [1.82, 2.24) is 0 Å². The predicted molar refractivity (Wildman–Crippen MR) is 54.0 cm³/mol. The predicted octanol–water partition coefficient (Wildman–Crippen LogP) is 2.69. The molecule has 0 unspecified atom stereocenters. The number of benzene rings is 1. The lowest BCUT2D eigenvalue weighted by atomic mass is 10.3. The number of rotatable bonds is 1. The molecule has 0 aliphatic carbocycles. The van der Waals surface area contributed by atoms with Gasteiger partial charge in [-0.3, -0.25) is 0 Å². The van der Waals surface area contributed by atoms with Crippen LogP contribution in [0.4, 0.5) is 0 Å². The Hall–Kier alpha value is -2.03. The smallest absolute Gasteiger partial charge is 0.327 e. The highest BCUT2D eigenvalue weighted by Gasteiger charge is 1.89. The fourth-order valence-corrected chi connectivity index (χ4v) is 0.906. The van der Waals surface area contributed by atoms with Crippen molar-refractivity contribution in [3.63, 3.8) is 0 Å². The molecule has 0 amide bonds. The Kier molecular flexibility index (Phi) is 3.49. The van der Waals surface area contributed by atoms with Gasteiger partial charge in [0.15, 0.2) is 0 Å². The van der Waals surface area contributed by atoms with Gasteiger partial charge >= 0.3 is 5.97 Å². The summed E-state index contributed by atoms with van der Waals surface area (Å²) in [6, 6.07) is 9.90. The molecule has 0 atom stereocenters. The van der Waals surface area contributed by atoms with Crippen LogP contribution in [0.1, 0.15) is 0 Å². The van der Waals surface area contributed by atoms with E-state index in [9.17, 15) is 4.79 Å². The van der Waals surface area contributed by atoms with Crippen LogP contribution in [0.2, 0.25) is 0 Å². The first-order valence-corrected chi connectivity index (χ1v) is 4.01. The van der Waals surface area contributed by atoms with Crippen molar-refractivity contribution in [2.24, 2.45) is 0 Å². The molecule has 2 aromatic rings. The SMILES string of the molecule is C=CC(=O)O.c1ccc2occc2c1. The van der Waals surface area contributed by atoms with Crippen molar-refractivity contribution in [2.45, 2.75) is 0 Å². The molecule has 0 saturated heterocycles. The average molecular weight is 190 g/mol. The molecule has 0 fully saturated rings. The zero-order valence-corrected chi connectivity index (χ0v) is 7.51. The normalized spacial score (nSPS) is 8.86. The Balaban J connectivity index is 0.000000171. The molecular formula is C11H10O3. The molecule has 0 aliphatic heterocycles. The molecule has 0 saturated carbocycles. The van der Waals surface area contributed by atoms with Crippen LogP contribution < -0.4 is 0 Å². The van der Waals surface area contributed by atoms with Crippen molar-refractivity contribution in [2.75, 3.05) is 0 Å². The van der Waals surface area contributed by atoms with Gasteiger partial charge in [0.2, 0.25) is 0 Å². The maximum Gasteiger partial charge on any atom is 0.327 e. The quantitative estimate of drug-likeness (QED) is 0.703. The van der Waals surface area contributed by atoms with Crippen LogP contribution in [-0.2, 0) is 4.79 Å². The molecule has 0 bridgehead atoms. The van der Waals surface area contributed by atoms with E-state index in [-0.39, 0.29) is 0 Å². The minimum atomic E-state index is -0.981. The van der Waals surface area contributed by atoms with Gasteiger partial charge in [0.25, 0.3) is 0 Å². The van der Waals surface area contributed by atoms with Crippen LogP contribution >= 0.6 is 0 Å². The minimum Gasteiger partial charge on any atom is -0.478 e. The summed E-state index contributed by atoms with van der Waals surface area (Å²) in [6.07, 6.45) is 2.53. The van der Waals surface area contributed by atoms with Gasteiger partial charge in [-0.05, 0) is 12.1 Å². The number of aliphatic carboxylic acids is 1. The minimum absolute atomic E-state index is 0.833. The van der Waals surface area contributed by atoms with Gasteiger partial charge in [0.1, 0.15) is 5.58 Å². The molecule has 0 spiro atoms. The number of para-hydroxylation sites is 1. The Morgan fingerprint density at radius 1 is 1.36 bits per heavy atom. The number of furan rings is 1. The summed E-state index contributed by atoms with van der Waals surface area (Å²) >= 11 is 0. The fourth-order valence-electron chi connectivity index (χ4n) is 0.906. The molecule has 2 rings (SSSR count). The monoisotopic (exact) mass is 190 g/mol. The second kappa shape index (κ2) is 4.87. The van der Waals surface area contributed by atoms with E-state index in [1.165, 1.54) is 0 Å². The summed E-state index contributed by atoms with van der Waals surface area (Å²) in [6.45, 7) is 2.96. The van der Waals surface area contributed by atoms with E-state index in [4.69, 9.17) is 9.52 Å². The molecule has 3 heteroatoms. The van der Waals surface area contributed by atoms with Gasteiger partial charge in [-0.2, -0.15) is 0 Å². The standard InChI is InChI=1S/C8H6O.C3H4O2/c1-2-4-8-7(3-1)5-6-9-8;1-2-3(4)5/h1-6H;2H,1H2,(H,4,5). The van der Waals surface area contributed by atoms with E-state index >= 15 is 0 Å². The van der Waals surface area contributed by atoms with Crippen molar-refractivity contribution in [3.8, 4) is 0 Å². The molecule has 1 heterocycles. The first-order chi connectivity index (χ1) is 6.74. The van der Waals surface area contributed by atoms with Crippen LogP contribution in [0.25, 0.3) is 11.0 Å². The zero-order valence-electron chi connectivity index (χ0n) is 7.51. The molecule has 1 aromatic heterocycles. The van der Waals surface area contributed by atoms with E-state index in [1.807, 2.05) is 30.3 Å². The van der Waals surface area contributed by atoms with Gasteiger partial charge in [0.05, 0.1) is 6.26 Å². The summed E-state index contributed by atoms with van der Waals surface area (Å²) in [5.74, 6) is -0.981. The van der Waals surface area contributed by atoms with Crippen molar-refractivity contribution >= 4 is 16.9 Å². The van der Waals surface area contributed by atoms with E-state index in [2.05, 4.69) is 6.58 Å².